The normalized spacial score (nSPS) is 17.8. The molecule has 1 saturated heterocycles. The van der Waals surface area contributed by atoms with E-state index in [0.717, 1.165) is 27.4 Å². The van der Waals surface area contributed by atoms with Gasteiger partial charge < -0.3 is 9.31 Å². The molecule has 0 aliphatic carbocycles. The second-order valence-corrected chi connectivity index (χ2v) is 8.03. The average Bonchev–Trinajstić information content (AvgIpc) is 2.88. The summed E-state index contributed by atoms with van der Waals surface area (Å²) in [6.45, 7) is 8.24. The van der Waals surface area contributed by atoms with E-state index in [0.29, 0.717) is 5.56 Å². The summed E-state index contributed by atoms with van der Waals surface area (Å²) in [6.07, 6.45) is 0. The van der Waals surface area contributed by atoms with Crippen LogP contribution in [0.15, 0.2) is 60.7 Å². The smallest absolute Gasteiger partial charge is 0.399 e. The summed E-state index contributed by atoms with van der Waals surface area (Å²) in [6, 6.07) is 22.5. The van der Waals surface area contributed by atoms with Crippen LogP contribution in [0.1, 0.15) is 33.3 Å². The first-order valence-corrected chi connectivity index (χ1v) is 9.20. The van der Waals surface area contributed by atoms with E-state index in [9.17, 15) is 5.26 Å². The molecule has 0 amide bonds. The molecular formula is C23H22BNO2. The Morgan fingerprint density at radius 2 is 1.37 bits per heavy atom. The van der Waals surface area contributed by atoms with Crippen molar-refractivity contribution in [2.45, 2.75) is 38.9 Å². The Bertz CT molecular complexity index is 1030. The van der Waals surface area contributed by atoms with Gasteiger partial charge in [0.15, 0.2) is 0 Å². The van der Waals surface area contributed by atoms with Gasteiger partial charge in [-0.15, -0.1) is 0 Å². The summed E-state index contributed by atoms with van der Waals surface area (Å²) in [5.74, 6) is 0. The third-order valence-electron chi connectivity index (χ3n) is 5.79. The maximum absolute atomic E-state index is 9.36. The van der Waals surface area contributed by atoms with Crippen LogP contribution >= 0.6 is 0 Å². The number of nitriles is 1. The lowest BCUT2D eigenvalue weighted by molar-refractivity contribution is 0.00578. The first kappa shape index (κ1) is 17.8. The van der Waals surface area contributed by atoms with Gasteiger partial charge in [0.05, 0.1) is 22.8 Å². The van der Waals surface area contributed by atoms with E-state index in [4.69, 9.17) is 9.31 Å². The molecule has 1 heterocycles. The number of hydrogen-bond donors (Lipinski definition) is 0. The van der Waals surface area contributed by atoms with Crippen LogP contribution in [-0.2, 0) is 9.31 Å². The zero-order chi connectivity index (χ0) is 19.2. The number of benzene rings is 3. The van der Waals surface area contributed by atoms with Crippen molar-refractivity contribution in [1.29, 1.82) is 5.26 Å². The Morgan fingerprint density at radius 1 is 0.778 bits per heavy atom. The third-order valence-corrected chi connectivity index (χ3v) is 5.79. The highest BCUT2D eigenvalue weighted by Crippen LogP contribution is 2.36. The third kappa shape index (κ3) is 2.94. The van der Waals surface area contributed by atoms with Gasteiger partial charge in [-0.1, -0.05) is 54.6 Å². The van der Waals surface area contributed by atoms with Crippen LogP contribution in [0.4, 0.5) is 0 Å². The van der Waals surface area contributed by atoms with Crippen LogP contribution < -0.4 is 5.46 Å². The lowest BCUT2D eigenvalue weighted by Crippen LogP contribution is -2.41. The fraction of sp³-hybridized carbons (Fsp3) is 0.261. The molecule has 4 heteroatoms. The summed E-state index contributed by atoms with van der Waals surface area (Å²) in [5.41, 5.74) is 3.24. The molecule has 1 aliphatic heterocycles. The van der Waals surface area contributed by atoms with E-state index < -0.39 is 0 Å². The second kappa shape index (κ2) is 6.23. The van der Waals surface area contributed by atoms with E-state index in [1.54, 1.807) is 0 Å². The minimum absolute atomic E-state index is 0.348. The van der Waals surface area contributed by atoms with Crippen molar-refractivity contribution in [2.75, 3.05) is 0 Å². The van der Waals surface area contributed by atoms with Crippen molar-refractivity contribution >= 4 is 23.4 Å². The van der Waals surface area contributed by atoms with Crippen LogP contribution in [-0.4, -0.2) is 18.3 Å². The minimum Gasteiger partial charge on any atom is -0.399 e. The predicted molar refractivity (Wildman–Crippen MR) is 110 cm³/mol. The Kier molecular flexibility index (Phi) is 4.11. The fourth-order valence-corrected chi connectivity index (χ4v) is 3.46. The molecule has 0 bridgehead atoms. The van der Waals surface area contributed by atoms with Gasteiger partial charge in [-0.2, -0.15) is 5.26 Å². The molecule has 0 radical (unpaired) electrons. The number of rotatable bonds is 2. The molecule has 0 atom stereocenters. The predicted octanol–water partition coefficient (Wildman–Crippen LogP) is 4.68. The van der Waals surface area contributed by atoms with E-state index >= 15 is 0 Å². The highest BCUT2D eigenvalue weighted by molar-refractivity contribution is 6.62. The minimum atomic E-state index is -0.359. The maximum atomic E-state index is 9.36. The molecule has 3 aromatic rings. The lowest BCUT2D eigenvalue weighted by atomic mass is 9.78. The molecule has 3 nitrogen and oxygen atoms in total. The van der Waals surface area contributed by atoms with E-state index in [1.807, 2.05) is 24.3 Å². The molecule has 0 N–H and O–H groups in total. The highest BCUT2D eigenvalue weighted by Gasteiger charge is 2.51. The number of fused-ring (bicyclic) bond motifs is 1. The lowest BCUT2D eigenvalue weighted by Gasteiger charge is -2.32. The van der Waals surface area contributed by atoms with Crippen molar-refractivity contribution in [1.82, 2.24) is 0 Å². The first-order chi connectivity index (χ1) is 12.8. The van der Waals surface area contributed by atoms with Crippen molar-refractivity contribution in [2.24, 2.45) is 0 Å². The number of hydrogen-bond acceptors (Lipinski definition) is 3. The van der Waals surface area contributed by atoms with Crippen molar-refractivity contribution in [3.63, 3.8) is 0 Å². The fourth-order valence-electron chi connectivity index (χ4n) is 3.46. The molecule has 0 aromatic heterocycles. The molecule has 1 fully saturated rings. The van der Waals surface area contributed by atoms with Gasteiger partial charge in [-0.05, 0) is 55.7 Å². The molecular weight excluding hydrogens is 333 g/mol. The Labute approximate surface area is 160 Å². The Balaban J connectivity index is 1.70. The van der Waals surface area contributed by atoms with E-state index in [-0.39, 0.29) is 18.3 Å². The summed E-state index contributed by atoms with van der Waals surface area (Å²) in [5, 5.41) is 11.4. The molecule has 4 rings (SSSR count). The Hall–Kier alpha value is -2.61. The van der Waals surface area contributed by atoms with Crippen molar-refractivity contribution in [3.05, 3.63) is 66.2 Å². The van der Waals surface area contributed by atoms with E-state index in [1.165, 1.54) is 0 Å². The zero-order valence-corrected chi connectivity index (χ0v) is 16.1. The monoisotopic (exact) mass is 355 g/mol. The van der Waals surface area contributed by atoms with Gasteiger partial charge in [-0.3, -0.25) is 0 Å². The van der Waals surface area contributed by atoms with Crippen molar-refractivity contribution < 1.29 is 9.31 Å². The van der Waals surface area contributed by atoms with Gasteiger partial charge in [0, 0.05) is 5.39 Å². The van der Waals surface area contributed by atoms with Crippen LogP contribution in [0.5, 0.6) is 0 Å². The molecule has 27 heavy (non-hydrogen) atoms. The molecule has 0 saturated carbocycles. The first-order valence-electron chi connectivity index (χ1n) is 9.20. The van der Waals surface area contributed by atoms with Gasteiger partial charge in [0.2, 0.25) is 0 Å². The van der Waals surface area contributed by atoms with Gasteiger partial charge in [0.1, 0.15) is 0 Å². The molecule has 1 aliphatic rings. The topological polar surface area (TPSA) is 42.2 Å². The van der Waals surface area contributed by atoms with E-state index in [2.05, 4.69) is 70.2 Å². The van der Waals surface area contributed by atoms with Gasteiger partial charge >= 0.3 is 7.12 Å². The van der Waals surface area contributed by atoms with Gasteiger partial charge in [-0.25, -0.2) is 0 Å². The largest absolute Gasteiger partial charge is 0.494 e. The SMILES string of the molecule is CC1(C)OB(c2ccc(-c3cccc4c(C#N)cccc34)cc2)OC1(C)C. The summed E-state index contributed by atoms with van der Waals surface area (Å²) < 4.78 is 12.3. The van der Waals surface area contributed by atoms with Crippen LogP contribution in [0, 0.1) is 11.3 Å². The molecule has 0 spiro atoms. The molecule has 3 aromatic carbocycles. The Morgan fingerprint density at radius 3 is 2.00 bits per heavy atom. The summed E-state index contributed by atoms with van der Waals surface area (Å²) in [7, 11) is -0.359. The standard InChI is InChI=1S/C23H22BNO2/c1-22(2)23(3,4)27-24(26-22)18-13-11-16(12-14-18)19-8-6-9-20-17(15-25)7-5-10-21(19)20/h5-14H,1-4H3. The quantitative estimate of drug-likeness (QED) is 0.627. The molecule has 0 unspecified atom stereocenters. The number of nitrogens with zero attached hydrogens (tertiary/aromatic N) is 1. The summed E-state index contributed by atoms with van der Waals surface area (Å²) in [4.78, 5) is 0. The van der Waals surface area contributed by atoms with Crippen molar-refractivity contribution in [3.8, 4) is 17.2 Å². The van der Waals surface area contributed by atoms with Crippen LogP contribution in [0.3, 0.4) is 0 Å². The van der Waals surface area contributed by atoms with Gasteiger partial charge in [0.25, 0.3) is 0 Å². The van der Waals surface area contributed by atoms with Crippen LogP contribution in [0.2, 0.25) is 0 Å². The maximum Gasteiger partial charge on any atom is 0.494 e. The summed E-state index contributed by atoms with van der Waals surface area (Å²) >= 11 is 0. The highest BCUT2D eigenvalue weighted by atomic mass is 16.7. The molecule has 134 valence electrons. The van der Waals surface area contributed by atoms with Crippen LogP contribution in [0.25, 0.3) is 21.9 Å². The average molecular weight is 355 g/mol. The second-order valence-electron chi connectivity index (χ2n) is 8.03. The zero-order valence-electron chi connectivity index (χ0n) is 16.1.